The zero-order chi connectivity index (χ0) is 23.2. The predicted octanol–water partition coefficient (Wildman–Crippen LogP) is 3.74. The van der Waals surface area contributed by atoms with E-state index in [1.165, 1.54) is 11.3 Å². The second-order valence-electron chi connectivity index (χ2n) is 7.51. The van der Waals surface area contributed by atoms with E-state index in [1.54, 1.807) is 0 Å². The van der Waals surface area contributed by atoms with E-state index in [4.69, 9.17) is 24.2 Å². The quantitative estimate of drug-likeness (QED) is 0.407. The average Bonchev–Trinajstić information content (AvgIpc) is 3.37. The number of carboxylic acids is 1. The molecule has 0 saturated carbocycles. The van der Waals surface area contributed by atoms with Crippen LogP contribution in [0.1, 0.15) is 5.76 Å². The Hall–Kier alpha value is -3.47. The monoisotopic (exact) mass is 469 g/mol. The molecular weight excluding hydrogens is 446 g/mol. The van der Waals surface area contributed by atoms with Crippen molar-refractivity contribution in [1.29, 1.82) is 0 Å². The van der Waals surface area contributed by atoms with Crippen LogP contribution in [0, 0.1) is 0 Å². The largest absolute Gasteiger partial charge is 0.483 e. The molecule has 1 aliphatic heterocycles. The number of piperazine rings is 1. The highest BCUT2D eigenvalue weighted by Crippen LogP contribution is 2.33. The van der Waals surface area contributed by atoms with E-state index >= 15 is 0 Å². The number of carboxylic acid groups (broad SMARTS) is 2. The van der Waals surface area contributed by atoms with Crippen LogP contribution in [0.4, 0.5) is 0 Å². The minimum atomic E-state index is -0.774. The topological polar surface area (TPSA) is 116 Å². The molecule has 172 valence electrons. The molecule has 9 nitrogen and oxygen atoms in total. The van der Waals surface area contributed by atoms with Crippen molar-refractivity contribution in [3.8, 4) is 10.9 Å². The van der Waals surface area contributed by atoms with Crippen LogP contribution in [0.5, 0.6) is 10.9 Å². The Bertz CT molecular complexity index is 1210. The van der Waals surface area contributed by atoms with E-state index in [9.17, 15) is 4.79 Å². The second kappa shape index (κ2) is 10.4. The van der Waals surface area contributed by atoms with E-state index in [0.29, 0.717) is 17.5 Å². The maximum atomic E-state index is 10.8. The van der Waals surface area contributed by atoms with Crippen LogP contribution >= 0.6 is 11.3 Å². The van der Waals surface area contributed by atoms with Crippen LogP contribution < -0.4 is 4.74 Å². The van der Waals surface area contributed by atoms with Crippen molar-refractivity contribution >= 4 is 45.0 Å². The summed E-state index contributed by atoms with van der Waals surface area (Å²) in [5.41, 5.74) is 1.72. The van der Waals surface area contributed by atoms with Crippen molar-refractivity contribution in [2.45, 2.75) is 6.54 Å². The summed E-state index contributed by atoms with van der Waals surface area (Å²) in [6, 6.07) is 15.8. The summed E-state index contributed by atoms with van der Waals surface area (Å²) in [4.78, 5) is 28.0. The highest BCUT2D eigenvalue weighted by atomic mass is 32.1. The van der Waals surface area contributed by atoms with E-state index in [1.807, 2.05) is 47.4 Å². The van der Waals surface area contributed by atoms with Crippen molar-refractivity contribution in [2.24, 2.45) is 0 Å². The van der Waals surface area contributed by atoms with Gasteiger partial charge in [0.05, 0.1) is 23.3 Å². The van der Waals surface area contributed by atoms with Gasteiger partial charge in [0.2, 0.25) is 0 Å². The molecule has 5 rings (SSSR count). The van der Waals surface area contributed by atoms with E-state index in [-0.39, 0.29) is 13.0 Å². The summed E-state index contributed by atoms with van der Waals surface area (Å²) in [6.07, 6.45) is 0. The first-order chi connectivity index (χ1) is 16.0. The molecule has 0 radical (unpaired) electrons. The summed E-state index contributed by atoms with van der Waals surface area (Å²) in [5, 5.41) is 17.5. The Kier molecular flexibility index (Phi) is 7.18. The number of thiazole rings is 1. The van der Waals surface area contributed by atoms with Crippen molar-refractivity contribution in [3.63, 3.8) is 0 Å². The van der Waals surface area contributed by atoms with Crippen LogP contribution in [0.2, 0.25) is 0 Å². The summed E-state index contributed by atoms with van der Waals surface area (Å²) < 4.78 is 13.1. The van der Waals surface area contributed by atoms with Crippen molar-refractivity contribution in [3.05, 3.63) is 54.3 Å². The van der Waals surface area contributed by atoms with Crippen molar-refractivity contribution in [2.75, 3.05) is 32.7 Å². The summed E-state index contributed by atoms with van der Waals surface area (Å²) >= 11 is 1.52. The number of aromatic nitrogens is 1. The number of hydrogen-bond donors (Lipinski definition) is 2. The molecule has 1 fully saturated rings. The maximum absolute atomic E-state index is 10.8. The van der Waals surface area contributed by atoms with Gasteiger partial charge in [-0.1, -0.05) is 23.5 Å². The fourth-order valence-electron chi connectivity index (χ4n) is 3.72. The number of ether oxygens (including phenoxy) is 1. The van der Waals surface area contributed by atoms with Gasteiger partial charge in [-0.3, -0.25) is 19.4 Å². The Balaban J connectivity index is 0.000000821. The Morgan fingerprint density at radius 2 is 1.85 bits per heavy atom. The van der Waals surface area contributed by atoms with Crippen LogP contribution in [-0.4, -0.2) is 70.2 Å². The number of benzene rings is 2. The van der Waals surface area contributed by atoms with Gasteiger partial charge in [-0.2, -0.15) is 0 Å². The molecule has 4 aromatic rings. The van der Waals surface area contributed by atoms with Gasteiger partial charge in [-0.15, -0.1) is 0 Å². The molecule has 0 bridgehead atoms. The molecule has 10 heteroatoms. The van der Waals surface area contributed by atoms with Gasteiger partial charge in [0.1, 0.15) is 17.1 Å². The molecule has 2 aromatic carbocycles. The third-order valence-corrected chi connectivity index (χ3v) is 6.14. The first kappa shape index (κ1) is 22.7. The number of hydrogen-bond acceptors (Lipinski definition) is 8. The molecule has 3 heterocycles. The van der Waals surface area contributed by atoms with E-state index in [0.717, 1.165) is 53.1 Å². The predicted molar refractivity (Wildman–Crippen MR) is 124 cm³/mol. The van der Waals surface area contributed by atoms with Crippen LogP contribution in [-0.2, 0) is 16.1 Å². The first-order valence-electron chi connectivity index (χ1n) is 10.3. The molecule has 2 N–H and O–H groups in total. The zero-order valence-corrected chi connectivity index (χ0v) is 18.5. The molecule has 1 saturated heterocycles. The number of carbonyl (C=O) groups is 2. The molecule has 0 atom stereocenters. The molecular formula is C23H23N3O6S. The second-order valence-corrected chi connectivity index (χ2v) is 8.51. The lowest BCUT2D eigenvalue weighted by Crippen LogP contribution is -2.47. The maximum Gasteiger partial charge on any atom is 0.317 e. The van der Waals surface area contributed by atoms with Gasteiger partial charge in [-0.25, -0.2) is 4.98 Å². The zero-order valence-electron chi connectivity index (χ0n) is 17.7. The minimum Gasteiger partial charge on any atom is -0.483 e. The van der Waals surface area contributed by atoms with Gasteiger partial charge in [0, 0.05) is 37.6 Å². The Morgan fingerprint density at radius 1 is 1.12 bits per heavy atom. The number of fused-ring (bicyclic) bond motifs is 2. The lowest BCUT2D eigenvalue weighted by molar-refractivity contribution is -0.138. The molecule has 0 unspecified atom stereocenters. The third-order valence-electron chi connectivity index (χ3n) is 5.23. The summed E-state index contributed by atoms with van der Waals surface area (Å²) in [6.45, 7) is 3.74. The standard InChI is InChI=1S/C22H21N3O4S.CH2O2/c26-21(27)14-25-9-7-24(8-10-25)13-17-11-15-5-6-16(12-19(15)28-17)29-22-23-18-3-1-2-4-20(18)30-22;2-1-3/h1-6,11-12H,7-10,13-14H2,(H,26,27);1H,(H,2,3). The van der Waals surface area contributed by atoms with Crippen LogP contribution in [0.3, 0.4) is 0 Å². The van der Waals surface area contributed by atoms with Gasteiger partial charge in [0.25, 0.3) is 11.7 Å². The van der Waals surface area contributed by atoms with Crippen molar-refractivity contribution in [1.82, 2.24) is 14.8 Å². The summed E-state index contributed by atoms with van der Waals surface area (Å²) in [5.74, 6) is 0.822. The Morgan fingerprint density at radius 3 is 2.58 bits per heavy atom. The third kappa shape index (κ3) is 5.86. The highest BCUT2D eigenvalue weighted by molar-refractivity contribution is 7.20. The fourth-order valence-corrected chi connectivity index (χ4v) is 4.56. The molecule has 33 heavy (non-hydrogen) atoms. The molecule has 0 spiro atoms. The smallest absolute Gasteiger partial charge is 0.317 e. The van der Waals surface area contributed by atoms with Crippen molar-refractivity contribution < 1.29 is 29.0 Å². The van der Waals surface area contributed by atoms with Gasteiger partial charge in [-0.05, 0) is 30.3 Å². The van der Waals surface area contributed by atoms with Gasteiger partial charge >= 0.3 is 5.97 Å². The van der Waals surface area contributed by atoms with Crippen LogP contribution in [0.25, 0.3) is 21.2 Å². The number of furan rings is 1. The van der Waals surface area contributed by atoms with E-state index < -0.39 is 5.97 Å². The van der Waals surface area contributed by atoms with Gasteiger partial charge < -0.3 is 19.4 Å². The lowest BCUT2D eigenvalue weighted by atomic mass is 10.2. The fraction of sp³-hybridized carbons (Fsp3) is 0.261. The van der Waals surface area contributed by atoms with E-state index in [2.05, 4.69) is 16.0 Å². The number of para-hydroxylation sites is 1. The lowest BCUT2D eigenvalue weighted by Gasteiger charge is -2.33. The number of rotatable bonds is 6. The molecule has 2 aromatic heterocycles. The SMILES string of the molecule is O=C(O)CN1CCN(Cc2cc3ccc(Oc4nc5ccccc5s4)cc3o2)CC1.O=CO. The number of aliphatic carboxylic acids is 1. The first-order valence-corrected chi connectivity index (χ1v) is 11.2. The minimum absolute atomic E-state index is 0.107. The highest BCUT2D eigenvalue weighted by Gasteiger charge is 2.20. The Labute approximate surface area is 193 Å². The summed E-state index contributed by atoms with van der Waals surface area (Å²) in [7, 11) is 0. The molecule has 0 aliphatic carbocycles. The number of nitrogens with zero attached hydrogens (tertiary/aromatic N) is 3. The molecule has 0 amide bonds. The normalized spacial score (nSPS) is 14.7. The molecule has 1 aliphatic rings. The van der Waals surface area contributed by atoms with Crippen LogP contribution in [0.15, 0.2) is 52.9 Å². The average molecular weight is 470 g/mol. The van der Waals surface area contributed by atoms with Gasteiger partial charge in [0.15, 0.2) is 0 Å².